The number of nitrogens with zero attached hydrogens (tertiary/aromatic N) is 1. The minimum atomic E-state index is -1.10. The lowest BCUT2D eigenvalue weighted by molar-refractivity contribution is -0.142. The van der Waals surface area contributed by atoms with Crippen LogP contribution >= 0.6 is 11.8 Å². The monoisotopic (exact) mass is 763 g/mol. The predicted molar refractivity (Wildman–Crippen MR) is 206 cm³/mol. The first-order chi connectivity index (χ1) is 25.9. The Labute approximate surface area is 320 Å². The molecule has 2 saturated heterocycles. The van der Waals surface area contributed by atoms with Crippen LogP contribution < -0.4 is 32.3 Å². The average molecular weight is 764 g/mol. The number of nitrogens with one attached hydrogen (secondary N) is 5. The molecule has 0 spiro atoms. The van der Waals surface area contributed by atoms with E-state index in [1.807, 2.05) is 80.8 Å². The van der Waals surface area contributed by atoms with Gasteiger partial charge in [-0.1, -0.05) is 74.5 Å². The normalized spacial score (nSPS) is 18.9. The molecular weight excluding hydrogens is 711 g/mol. The molecule has 2 heterocycles. The van der Waals surface area contributed by atoms with Gasteiger partial charge < -0.3 is 37.2 Å². The summed E-state index contributed by atoms with van der Waals surface area (Å²) in [5.41, 5.74) is 7.10. The first kappa shape index (κ1) is 41.8. The van der Waals surface area contributed by atoms with Crippen LogP contribution in [0.3, 0.4) is 0 Å². The van der Waals surface area contributed by atoms with Crippen molar-refractivity contribution >= 4 is 53.1 Å². The number of carbonyl (C=O) groups excluding carboxylic acids is 7. The molecule has 2 aliphatic heterocycles. The highest BCUT2D eigenvalue weighted by Gasteiger charge is 2.40. The third-order valence-corrected chi connectivity index (χ3v) is 10.2. The summed E-state index contributed by atoms with van der Waals surface area (Å²) in [4.78, 5) is 94.3. The molecule has 2 aromatic rings. The van der Waals surface area contributed by atoms with E-state index < -0.39 is 71.7 Å². The predicted octanol–water partition coefficient (Wildman–Crippen LogP) is 0.965. The highest BCUT2D eigenvalue weighted by molar-refractivity contribution is 7.98. The number of benzene rings is 2. The summed E-state index contributed by atoms with van der Waals surface area (Å²) < 4.78 is 0. The van der Waals surface area contributed by atoms with Gasteiger partial charge in [-0.05, 0) is 61.2 Å². The molecule has 15 heteroatoms. The molecule has 0 unspecified atom stereocenters. The standard InChI is InChI=1S/C39H53N7O7S/c1-24(2)21-29(36(50)42-27(34(40)48)18-20-54-3)44-38(52)32-15-10-19-46(32)39(53)31(23-26-13-8-5-9-14-26)45-37(51)30(22-25-11-6-4-7-12-25)43-35(49)28-16-17-33(47)41-28/h4-9,11-14,24,27-32H,10,15-23H2,1-3H3,(H2,40,48)(H,41,47)(H,42,50)(H,43,49)(H,44,52)(H,45,51)/t27-,28-,29-,30-,31-,32+/m0/s1. The first-order valence-electron chi connectivity index (χ1n) is 18.5. The molecule has 0 bridgehead atoms. The van der Waals surface area contributed by atoms with E-state index in [0.717, 1.165) is 11.1 Å². The van der Waals surface area contributed by atoms with Crippen molar-refractivity contribution in [3.05, 3.63) is 71.8 Å². The number of nitrogens with two attached hydrogens (primary N) is 1. The second kappa shape index (κ2) is 20.5. The molecule has 4 rings (SSSR count). The fourth-order valence-corrected chi connectivity index (χ4v) is 7.20. The lowest BCUT2D eigenvalue weighted by Gasteiger charge is -2.31. The Morgan fingerprint density at radius 3 is 1.93 bits per heavy atom. The third-order valence-electron chi connectivity index (χ3n) is 9.57. The van der Waals surface area contributed by atoms with Gasteiger partial charge in [-0.15, -0.1) is 0 Å². The molecule has 7 N–H and O–H groups in total. The molecule has 0 aliphatic carbocycles. The van der Waals surface area contributed by atoms with E-state index >= 15 is 0 Å². The Balaban J connectivity index is 1.54. The van der Waals surface area contributed by atoms with E-state index in [1.54, 1.807) is 0 Å². The Morgan fingerprint density at radius 1 is 0.796 bits per heavy atom. The molecule has 2 aliphatic rings. The molecule has 2 aromatic carbocycles. The van der Waals surface area contributed by atoms with Crippen molar-refractivity contribution in [1.82, 2.24) is 31.5 Å². The second-order valence-corrected chi connectivity index (χ2v) is 15.3. The Hall–Kier alpha value is -4.92. The van der Waals surface area contributed by atoms with Crippen LogP contribution in [0.2, 0.25) is 0 Å². The van der Waals surface area contributed by atoms with Gasteiger partial charge in [0.2, 0.25) is 41.4 Å². The third kappa shape index (κ3) is 12.3. The highest BCUT2D eigenvalue weighted by Crippen LogP contribution is 2.21. The zero-order chi connectivity index (χ0) is 39.2. The summed E-state index contributed by atoms with van der Waals surface area (Å²) in [5, 5.41) is 13.8. The quantitative estimate of drug-likeness (QED) is 0.121. The van der Waals surface area contributed by atoms with Gasteiger partial charge in [0, 0.05) is 25.8 Å². The number of primary amides is 1. The maximum absolute atomic E-state index is 14.4. The van der Waals surface area contributed by atoms with Gasteiger partial charge in [-0.3, -0.25) is 33.6 Å². The lowest BCUT2D eigenvalue weighted by Crippen LogP contribution is -2.60. The van der Waals surface area contributed by atoms with Crippen LogP contribution in [-0.4, -0.2) is 101 Å². The Bertz CT molecular complexity index is 1630. The number of carbonyl (C=O) groups is 7. The molecule has 292 valence electrons. The molecule has 0 aromatic heterocycles. The van der Waals surface area contributed by atoms with Crippen LogP contribution in [0.4, 0.5) is 0 Å². The van der Waals surface area contributed by atoms with E-state index in [1.165, 1.54) is 16.7 Å². The molecule has 54 heavy (non-hydrogen) atoms. The number of amides is 7. The molecule has 14 nitrogen and oxygen atoms in total. The first-order valence-corrected chi connectivity index (χ1v) is 19.9. The number of hydrogen-bond donors (Lipinski definition) is 6. The van der Waals surface area contributed by atoms with Gasteiger partial charge in [-0.2, -0.15) is 11.8 Å². The van der Waals surface area contributed by atoms with E-state index in [-0.39, 0.29) is 44.1 Å². The number of likely N-dealkylation sites (tertiary alicyclic amines) is 1. The minimum Gasteiger partial charge on any atom is -0.368 e. The van der Waals surface area contributed by atoms with Crippen molar-refractivity contribution in [2.45, 2.75) is 101 Å². The van der Waals surface area contributed by atoms with Crippen molar-refractivity contribution in [1.29, 1.82) is 0 Å². The van der Waals surface area contributed by atoms with Crippen LogP contribution in [0, 0.1) is 5.92 Å². The summed E-state index contributed by atoms with van der Waals surface area (Å²) in [5.74, 6) is -2.90. The zero-order valence-corrected chi connectivity index (χ0v) is 32.0. The maximum Gasteiger partial charge on any atom is 0.246 e. The summed E-state index contributed by atoms with van der Waals surface area (Å²) in [7, 11) is 0. The van der Waals surface area contributed by atoms with E-state index in [4.69, 9.17) is 5.73 Å². The van der Waals surface area contributed by atoms with Gasteiger partial charge in [0.05, 0.1) is 0 Å². The largest absolute Gasteiger partial charge is 0.368 e. The van der Waals surface area contributed by atoms with Crippen molar-refractivity contribution < 1.29 is 33.6 Å². The fraction of sp³-hybridized carbons (Fsp3) is 0.513. The van der Waals surface area contributed by atoms with E-state index in [0.29, 0.717) is 31.4 Å². The van der Waals surface area contributed by atoms with E-state index in [2.05, 4.69) is 26.6 Å². The molecule has 6 atom stereocenters. The summed E-state index contributed by atoms with van der Waals surface area (Å²) in [6, 6.07) is 12.6. The van der Waals surface area contributed by atoms with Crippen LogP contribution in [0.5, 0.6) is 0 Å². The van der Waals surface area contributed by atoms with Crippen LogP contribution in [0.1, 0.15) is 63.5 Å². The SMILES string of the molecule is CSCC[C@H](NC(=O)[C@H](CC(C)C)NC(=O)[C@H]1CCCN1C(=O)[C@H](Cc1ccccc1)NC(=O)[C@H](Cc1ccccc1)NC(=O)[C@@H]1CCC(=O)N1)C(N)=O. The number of thioether (sulfide) groups is 1. The van der Waals surface area contributed by atoms with Gasteiger partial charge in [0.1, 0.15) is 36.3 Å². The van der Waals surface area contributed by atoms with Crippen molar-refractivity contribution in [3.63, 3.8) is 0 Å². The van der Waals surface area contributed by atoms with Gasteiger partial charge in [0.15, 0.2) is 0 Å². The average Bonchev–Trinajstić information content (AvgIpc) is 3.82. The Morgan fingerprint density at radius 2 is 1.37 bits per heavy atom. The maximum atomic E-state index is 14.4. The Kier molecular flexibility index (Phi) is 15.9. The van der Waals surface area contributed by atoms with Crippen molar-refractivity contribution in [3.8, 4) is 0 Å². The smallest absolute Gasteiger partial charge is 0.246 e. The van der Waals surface area contributed by atoms with Gasteiger partial charge in [0.25, 0.3) is 0 Å². The van der Waals surface area contributed by atoms with Gasteiger partial charge >= 0.3 is 0 Å². The molecule has 2 fully saturated rings. The van der Waals surface area contributed by atoms with Crippen LogP contribution in [0.15, 0.2) is 60.7 Å². The molecule has 7 amide bonds. The number of hydrogen-bond acceptors (Lipinski definition) is 8. The van der Waals surface area contributed by atoms with E-state index in [9.17, 15) is 33.6 Å². The summed E-state index contributed by atoms with van der Waals surface area (Å²) in [6.45, 7) is 4.07. The van der Waals surface area contributed by atoms with Crippen LogP contribution in [0.25, 0.3) is 0 Å². The van der Waals surface area contributed by atoms with Crippen LogP contribution in [-0.2, 0) is 46.4 Å². The van der Waals surface area contributed by atoms with Crippen molar-refractivity contribution in [2.24, 2.45) is 11.7 Å². The zero-order valence-electron chi connectivity index (χ0n) is 31.2. The fourth-order valence-electron chi connectivity index (χ4n) is 6.73. The lowest BCUT2D eigenvalue weighted by atomic mass is 10.0. The summed E-state index contributed by atoms with van der Waals surface area (Å²) >= 11 is 1.51. The van der Waals surface area contributed by atoms with Gasteiger partial charge in [-0.25, -0.2) is 0 Å². The van der Waals surface area contributed by atoms with Crippen molar-refractivity contribution in [2.75, 3.05) is 18.6 Å². The minimum absolute atomic E-state index is 0.0142. The summed E-state index contributed by atoms with van der Waals surface area (Å²) in [6.07, 6.45) is 4.15. The molecular formula is C39H53N7O7S. The number of rotatable bonds is 19. The highest BCUT2D eigenvalue weighted by atomic mass is 32.2. The second-order valence-electron chi connectivity index (χ2n) is 14.3. The topological polar surface area (TPSA) is 209 Å². The molecule has 0 radical (unpaired) electrons. The molecule has 0 saturated carbocycles.